The van der Waals surface area contributed by atoms with Crippen molar-refractivity contribution in [2.75, 3.05) is 10.0 Å². The van der Waals surface area contributed by atoms with E-state index >= 15 is 0 Å². The highest BCUT2D eigenvalue weighted by Crippen LogP contribution is 2.63. The normalized spacial score (nSPS) is 26.9. The third-order valence-corrected chi connectivity index (χ3v) is 8.98. The van der Waals surface area contributed by atoms with Crippen LogP contribution in [0.5, 0.6) is 0 Å². The van der Waals surface area contributed by atoms with Crippen LogP contribution in [0.2, 0.25) is 0 Å². The first-order valence-corrected chi connectivity index (χ1v) is 12.9. The fraction of sp³-hybridized carbons (Fsp3) is 0.320. The molecular weight excluding hydrogens is 452 g/mol. The van der Waals surface area contributed by atoms with Gasteiger partial charge >= 0.3 is 5.97 Å². The number of anilines is 2. The van der Waals surface area contributed by atoms with Crippen LogP contribution in [0.1, 0.15) is 52.7 Å². The fourth-order valence-corrected chi connectivity index (χ4v) is 7.35. The van der Waals surface area contributed by atoms with E-state index in [1.54, 1.807) is 36.4 Å². The minimum atomic E-state index is -3.84. The number of sulfonamides is 1. The largest absolute Gasteiger partial charge is 0.478 e. The first-order valence-electron chi connectivity index (χ1n) is 11.4. The van der Waals surface area contributed by atoms with Crippen LogP contribution in [-0.4, -0.2) is 29.5 Å². The second-order valence-corrected chi connectivity index (χ2v) is 11.1. The molecule has 3 aromatic rings. The van der Waals surface area contributed by atoms with E-state index in [1.807, 2.05) is 12.1 Å². The summed E-state index contributed by atoms with van der Waals surface area (Å²) in [6.07, 6.45) is 6.39. The molecule has 2 heterocycles. The highest BCUT2D eigenvalue weighted by atomic mass is 32.2. The van der Waals surface area contributed by atoms with Crippen LogP contribution in [-0.2, 0) is 10.0 Å². The van der Waals surface area contributed by atoms with Crippen LogP contribution in [0.3, 0.4) is 0 Å². The topological polar surface area (TPSA) is 121 Å². The molecule has 1 aromatic heterocycles. The molecule has 2 aliphatic carbocycles. The Labute approximate surface area is 197 Å². The number of nitrogens with one attached hydrogen (secondary N) is 2. The van der Waals surface area contributed by atoms with E-state index in [0.717, 1.165) is 36.1 Å². The van der Waals surface area contributed by atoms with Gasteiger partial charge in [0.15, 0.2) is 0 Å². The molecule has 0 unspecified atom stereocenters. The highest BCUT2D eigenvalue weighted by Gasteiger charge is 2.54. The minimum absolute atomic E-state index is 0.00889. The molecule has 1 aliphatic heterocycles. The number of carboxylic acids is 1. The Hall–Kier alpha value is -3.46. The average molecular weight is 477 g/mol. The van der Waals surface area contributed by atoms with Gasteiger partial charge < -0.3 is 10.4 Å². The molecule has 9 heteroatoms. The van der Waals surface area contributed by atoms with Crippen molar-refractivity contribution >= 4 is 27.6 Å². The molecule has 0 radical (unpaired) electrons. The van der Waals surface area contributed by atoms with E-state index in [9.17, 15) is 18.3 Å². The van der Waals surface area contributed by atoms with Gasteiger partial charge in [0, 0.05) is 18.1 Å². The SMILES string of the molecule is O=C(O)c1cccc([C@@H]2Nc3ccc(S(=O)(=O)Nc4ncccn4)cc3[C@H]3[C@H]4CC[C@@H](C4)[C@H]32)c1. The zero-order valence-corrected chi connectivity index (χ0v) is 19.1. The number of rotatable bonds is 5. The Bertz CT molecular complexity index is 1380. The number of benzene rings is 2. The maximum Gasteiger partial charge on any atom is 0.335 e. The van der Waals surface area contributed by atoms with Crippen LogP contribution in [0.4, 0.5) is 11.6 Å². The van der Waals surface area contributed by atoms with Crippen LogP contribution in [0.25, 0.3) is 0 Å². The maximum atomic E-state index is 13.1. The van der Waals surface area contributed by atoms with Gasteiger partial charge in [-0.05, 0) is 90.5 Å². The number of carboxylic acid groups (broad SMARTS) is 1. The van der Waals surface area contributed by atoms with E-state index in [-0.39, 0.29) is 28.4 Å². The molecule has 3 aliphatic rings. The number of hydrogen-bond donors (Lipinski definition) is 3. The second kappa shape index (κ2) is 7.80. The summed E-state index contributed by atoms with van der Waals surface area (Å²) in [6.45, 7) is 0. The number of aromatic nitrogens is 2. The molecule has 34 heavy (non-hydrogen) atoms. The predicted molar refractivity (Wildman–Crippen MR) is 126 cm³/mol. The van der Waals surface area contributed by atoms with Gasteiger partial charge in [-0.3, -0.25) is 0 Å². The zero-order valence-electron chi connectivity index (χ0n) is 18.3. The second-order valence-electron chi connectivity index (χ2n) is 9.42. The van der Waals surface area contributed by atoms with Crippen molar-refractivity contribution in [2.45, 2.75) is 36.1 Å². The van der Waals surface area contributed by atoms with Gasteiger partial charge in [-0.15, -0.1) is 0 Å². The Morgan fingerprint density at radius 2 is 1.82 bits per heavy atom. The lowest BCUT2D eigenvalue weighted by molar-refractivity contribution is 0.0696. The Morgan fingerprint density at radius 1 is 1.03 bits per heavy atom. The Kier molecular flexibility index (Phi) is 4.84. The van der Waals surface area contributed by atoms with Gasteiger partial charge in [-0.2, -0.15) is 0 Å². The first-order chi connectivity index (χ1) is 16.4. The van der Waals surface area contributed by atoms with Crippen molar-refractivity contribution in [1.29, 1.82) is 0 Å². The van der Waals surface area contributed by atoms with E-state index in [0.29, 0.717) is 17.8 Å². The maximum absolute atomic E-state index is 13.1. The van der Waals surface area contributed by atoms with Gasteiger partial charge in [0.1, 0.15) is 0 Å². The van der Waals surface area contributed by atoms with E-state index in [2.05, 4.69) is 20.0 Å². The third-order valence-electron chi connectivity index (χ3n) is 7.65. The summed E-state index contributed by atoms with van der Waals surface area (Å²) in [4.78, 5) is 19.7. The van der Waals surface area contributed by atoms with Crippen molar-refractivity contribution in [2.24, 2.45) is 17.8 Å². The minimum Gasteiger partial charge on any atom is -0.478 e. The molecule has 0 spiro atoms. The molecule has 2 aromatic carbocycles. The predicted octanol–water partition coefficient (Wildman–Crippen LogP) is 4.27. The van der Waals surface area contributed by atoms with Crippen LogP contribution in [0, 0.1) is 17.8 Å². The lowest BCUT2D eigenvalue weighted by Crippen LogP contribution is -2.35. The average Bonchev–Trinajstić information content (AvgIpc) is 3.46. The molecule has 5 atom stereocenters. The molecule has 2 fully saturated rings. The molecule has 2 saturated carbocycles. The smallest absolute Gasteiger partial charge is 0.335 e. The van der Waals surface area contributed by atoms with Gasteiger partial charge in [-0.1, -0.05) is 12.1 Å². The molecule has 6 rings (SSSR count). The highest BCUT2D eigenvalue weighted by molar-refractivity contribution is 7.92. The van der Waals surface area contributed by atoms with Crippen molar-refractivity contribution in [3.63, 3.8) is 0 Å². The number of aromatic carboxylic acids is 1. The molecular formula is C25H24N4O4S. The number of nitrogens with zero attached hydrogens (tertiary/aromatic N) is 2. The first kappa shape index (κ1) is 21.1. The Balaban J connectivity index is 1.40. The molecule has 3 N–H and O–H groups in total. The molecule has 8 nitrogen and oxygen atoms in total. The van der Waals surface area contributed by atoms with E-state index in [4.69, 9.17) is 0 Å². The van der Waals surface area contributed by atoms with Gasteiger partial charge in [-0.25, -0.2) is 27.9 Å². The quantitative estimate of drug-likeness (QED) is 0.503. The third kappa shape index (κ3) is 3.42. The monoisotopic (exact) mass is 476 g/mol. The van der Waals surface area contributed by atoms with Crippen LogP contribution in [0.15, 0.2) is 65.8 Å². The van der Waals surface area contributed by atoms with Crippen molar-refractivity contribution in [1.82, 2.24) is 9.97 Å². The summed E-state index contributed by atoms with van der Waals surface area (Å²) in [6, 6.07) is 14.0. The molecule has 0 amide bonds. The van der Waals surface area contributed by atoms with Crippen molar-refractivity contribution in [3.8, 4) is 0 Å². The van der Waals surface area contributed by atoms with Gasteiger partial charge in [0.25, 0.3) is 10.0 Å². The Morgan fingerprint density at radius 3 is 2.62 bits per heavy atom. The lowest BCUT2D eigenvalue weighted by Gasteiger charge is -2.43. The van der Waals surface area contributed by atoms with Crippen molar-refractivity contribution in [3.05, 3.63) is 77.6 Å². The van der Waals surface area contributed by atoms with Gasteiger partial charge in [0.05, 0.1) is 16.5 Å². The summed E-state index contributed by atoms with van der Waals surface area (Å²) >= 11 is 0. The molecule has 2 bridgehead atoms. The van der Waals surface area contributed by atoms with Crippen molar-refractivity contribution < 1.29 is 18.3 Å². The van der Waals surface area contributed by atoms with Crippen LogP contribution >= 0.6 is 0 Å². The zero-order chi connectivity index (χ0) is 23.4. The summed E-state index contributed by atoms with van der Waals surface area (Å²) in [5.74, 6) is 0.659. The number of carbonyl (C=O) groups is 1. The summed E-state index contributed by atoms with van der Waals surface area (Å²) in [5, 5.41) is 13.1. The van der Waals surface area contributed by atoms with E-state index < -0.39 is 16.0 Å². The molecule has 0 saturated heterocycles. The lowest BCUT2D eigenvalue weighted by atomic mass is 9.68. The number of hydrogen-bond acceptors (Lipinski definition) is 6. The molecule has 174 valence electrons. The summed E-state index contributed by atoms with van der Waals surface area (Å²) in [7, 11) is -3.84. The van der Waals surface area contributed by atoms with Gasteiger partial charge in [0.2, 0.25) is 5.95 Å². The fourth-order valence-electron chi connectivity index (χ4n) is 6.36. The standard InChI is InChI=1S/C25H24N4O4S/c30-24(31)17-4-1-3-16(12-17)23-22-15-6-5-14(11-15)21(22)19-13-18(7-8-20(19)28-23)34(32,33)29-25-26-9-2-10-27-25/h1-4,7-10,12-15,21-23,28H,5-6,11H2,(H,30,31)(H,26,27,29)/t14-,15-,21+,22+,23-/m0/s1. The van der Waals surface area contributed by atoms with Crippen LogP contribution < -0.4 is 10.0 Å². The number of fused-ring (bicyclic) bond motifs is 7. The summed E-state index contributed by atoms with van der Waals surface area (Å²) < 4.78 is 28.6. The van der Waals surface area contributed by atoms with E-state index in [1.165, 1.54) is 12.4 Å². The summed E-state index contributed by atoms with van der Waals surface area (Å²) in [5.41, 5.74) is 3.18.